The lowest BCUT2D eigenvalue weighted by atomic mass is 9.98. The van der Waals surface area contributed by atoms with E-state index in [1.54, 1.807) is 6.92 Å². The molecule has 0 aromatic rings. The molecule has 17 heavy (non-hydrogen) atoms. The lowest BCUT2D eigenvalue weighted by molar-refractivity contribution is -0.144. The van der Waals surface area contributed by atoms with E-state index in [2.05, 4.69) is 5.32 Å². The van der Waals surface area contributed by atoms with Gasteiger partial charge in [0.2, 0.25) is 0 Å². The Hall–Kier alpha value is -0.300. The molecule has 0 radical (unpaired) electrons. The van der Waals surface area contributed by atoms with Crippen molar-refractivity contribution in [1.82, 2.24) is 5.32 Å². The molecule has 2 atom stereocenters. The predicted molar refractivity (Wildman–Crippen MR) is 69.3 cm³/mol. The fourth-order valence-corrected chi connectivity index (χ4v) is 2.52. The van der Waals surface area contributed by atoms with Crippen LogP contribution >= 0.6 is 11.8 Å². The van der Waals surface area contributed by atoms with Gasteiger partial charge in [-0.05, 0) is 32.9 Å². The van der Waals surface area contributed by atoms with E-state index in [0.29, 0.717) is 17.9 Å². The van der Waals surface area contributed by atoms with Crippen LogP contribution in [0.3, 0.4) is 0 Å². The number of hydrogen-bond acceptors (Lipinski definition) is 5. The molecule has 0 spiro atoms. The van der Waals surface area contributed by atoms with Crippen molar-refractivity contribution in [3.05, 3.63) is 0 Å². The molecule has 0 rings (SSSR count). The molecule has 0 aliphatic rings. The summed E-state index contributed by atoms with van der Waals surface area (Å²) >= 11 is 1.44. The van der Waals surface area contributed by atoms with Gasteiger partial charge in [-0.25, -0.2) is 0 Å². The zero-order valence-electron chi connectivity index (χ0n) is 10.6. The van der Waals surface area contributed by atoms with Crippen molar-refractivity contribution < 1.29 is 20.1 Å². The maximum absolute atomic E-state index is 11.2. The predicted octanol–water partition coefficient (Wildman–Crippen LogP) is 0.304. The SMILES string of the molecule is CC(C)NC(C)(CCSCC(O)CO)C(=O)O. The molecule has 0 aromatic heterocycles. The molecule has 0 saturated heterocycles. The van der Waals surface area contributed by atoms with Crippen LogP contribution in [0, 0.1) is 0 Å². The van der Waals surface area contributed by atoms with Gasteiger partial charge in [-0.15, -0.1) is 0 Å². The Morgan fingerprint density at radius 2 is 2.06 bits per heavy atom. The average Bonchev–Trinajstić information content (AvgIpc) is 2.22. The average molecular weight is 265 g/mol. The zero-order valence-corrected chi connectivity index (χ0v) is 11.5. The molecule has 5 nitrogen and oxygen atoms in total. The molecule has 0 fully saturated rings. The van der Waals surface area contributed by atoms with E-state index in [1.165, 1.54) is 11.8 Å². The minimum absolute atomic E-state index is 0.101. The first kappa shape index (κ1) is 16.7. The molecule has 4 N–H and O–H groups in total. The Morgan fingerprint density at radius 1 is 1.47 bits per heavy atom. The number of aliphatic carboxylic acids is 1. The van der Waals surface area contributed by atoms with E-state index in [1.807, 2.05) is 13.8 Å². The van der Waals surface area contributed by atoms with Crippen LogP contribution in [0.4, 0.5) is 0 Å². The fraction of sp³-hybridized carbons (Fsp3) is 0.909. The first-order chi connectivity index (χ1) is 7.81. The molecule has 2 unspecified atom stereocenters. The van der Waals surface area contributed by atoms with Gasteiger partial charge in [0.15, 0.2) is 0 Å². The first-order valence-corrected chi connectivity index (χ1v) is 6.85. The number of carboxylic acids is 1. The molecule has 6 heteroatoms. The van der Waals surface area contributed by atoms with Crippen LogP contribution in [0.1, 0.15) is 27.2 Å². The highest BCUT2D eigenvalue weighted by Crippen LogP contribution is 2.16. The van der Waals surface area contributed by atoms with E-state index in [4.69, 9.17) is 10.2 Å². The standard InChI is InChI=1S/C11H23NO4S/c1-8(2)12-11(3,10(15)16)4-5-17-7-9(14)6-13/h8-9,12-14H,4-7H2,1-3H3,(H,15,16). The second kappa shape index (κ2) is 7.92. The number of rotatable bonds is 9. The molecule has 0 aliphatic carbocycles. The van der Waals surface area contributed by atoms with Gasteiger partial charge in [0.05, 0.1) is 12.7 Å². The number of aliphatic hydroxyl groups excluding tert-OH is 2. The highest BCUT2D eigenvalue weighted by Gasteiger charge is 2.32. The van der Waals surface area contributed by atoms with E-state index in [9.17, 15) is 9.90 Å². The van der Waals surface area contributed by atoms with Crippen molar-refractivity contribution in [2.75, 3.05) is 18.1 Å². The third kappa shape index (κ3) is 6.88. The second-order valence-corrected chi connectivity index (χ2v) is 5.75. The van der Waals surface area contributed by atoms with Crippen molar-refractivity contribution in [3.8, 4) is 0 Å². The molecule has 0 amide bonds. The molecular formula is C11H23NO4S. The van der Waals surface area contributed by atoms with Gasteiger partial charge in [0.25, 0.3) is 0 Å². The van der Waals surface area contributed by atoms with E-state index in [0.717, 1.165) is 0 Å². The van der Waals surface area contributed by atoms with Crippen molar-refractivity contribution in [2.24, 2.45) is 0 Å². The summed E-state index contributed by atoms with van der Waals surface area (Å²) in [4.78, 5) is 11.2. The van der Waals surface area contributed by atoms with Crippen LogP contribution < -0.4 is 5.32 Å². The van der Waals surface area contributed by atoms with Gasteiger partial charge in [0, 0.05) is 11.8 Å². The maximum atomic E-state index is 11.2. The molecule has 0 aromatic carbocycles. The largest absolute Gasteiger partial charge is 0.480 e. The summed E-state index contributed by atoms with van der Waals surface area (Å²) in [6.45, 7) is 5.22. The Kier molecular flexibility index (Phi) is 7.78. The summed E-state index contributed by atoms with van der Waals surface area (Å²) < 4.78 is 0. The Bertz CT molecular complexity index is 238. The van der Waals surface area contributed by atoms with Crippen molar-refractivity contribution in [1.29, 1.82) is 0 Å². The van der Waals surface area contributed by atoms with Gasteiger partial charge in [0.1, 0.15) is 5.54 Å². The quantitative estimate of drug-likeness (QED) is 0.449. The van der Waals surface area contributed by atoms with Crippen molar-refractivity contribution in [3.63, 3.8) is 0 Å². The lowest BCUT2D eigenvalue weighted by Crippen LogP contribution is -2.52. The Balaban J connectivity index is 4.06. The number of carbonyl (C=O) groups is 1. The first-order valence-electron chi connectivity index (χ1n) is 5.69. The molecule has 0 bridgehead atoms. The minimum atomic E-state index is -0.939. The van der Waals surface area contributed by atoms with Gasteiger partial charge >= 0.3 is 5.97 Å². The molecule has 0 saturated carbocycles. The van der Waals surface area contributed by atoms with Crippen LogP contribution in [0.15, 0.2) is 0 Å². The molecular weight excluding hydrogens is 242 g/mol. The number of carboxylic acid groups (broad SMARTS) is 1. The van der Waals surface area contributed by atoms with Crippen LogP contribution in [0.2, 0.25) is 0 Å². The highest BCUT2D eigenvalue weighted by atomic mass is 32.2. The van der Waals surface area contributed by atoms with Gasteiger partial charge in [-0.3, -0.25) is 10.1 Å². The maximum Gasteiger partial charge on any atom is 0.323 e. The monoisotopic (exact) mass is 265 g/mol. The third-order valence-corrected chi connectivity index (χ3v) is 3.46. The Labute approximate surface area is 107 Å². The summed E-state index contributed by atoms with van der Waals surface area (Å²) in [7, 11) is 0. The van der Waals surface area contributed by atoms with Crippen LogP contribution in [-0.4, -0.2) is 57.1 Å². The number of aliphatic hydroxyl groups is 2. The summed E-state index contributed by atoms with van der Waals surface area (Å²) in [5, 5.41) is 30.0. The third-order valence-electron chi connectivity index (χ3n) is 2.35. The van der Waals surface area contributed by atoms with Crippen LogP contribution in [-0.2, 0) is 4.79 Å². The number of nitrogens with one attached hydrogen (secondary N) is 1. The van der Waals surface area contributed by atoms with Gasteiger partial charge in [-0.2, -0.15) is 11.8 Å². The topological polar surface area (TPSA) is 89.8 Å². The molecule has 0 aliphatic heterocycles. The summed E-state index contributed by atoms with van der Waals surface area (Å²) in [6.07, 6.45) is -0.252. The minimum Gasteiger partial charge on any atom is -0.480 e. The number of hydrogen-bond donors (Lipinski definition) is 4. The normalized spacial score (nSPS) is 16.8. The smallest absolute Gasteiger partial charge is 0.323 e. The van der Waals surface area contributed by atoms with Crippen molar-refractivity contribution >= 4 is 17.7 Å². The second-order valence-electron chi connectivity index (χ2n) is 4.60. The number of thioether (sulfide) groups is 1. The van der Waals surface area contributed by atoms with E-state index >= 15 is 0 Å². The van der Waals surface area contributed by atoms with E-state index < -0.39 is 17.6 Å². The molecule has 0 heterocycles. The van der Waals surface area contributed by atoms with Crippen molar-refractivity contribution in [2.45, 2.75) is 44.9 Å². The summed E-state index contributed by atoms with van der Waals surface area (Å²) in [5.41, 5.74) is -0.939. The van der Waals surface area contributed by atoms with Gasteiger partial charge < -0.3 is 15.3 Å². The Morgan fingerprint density at radius 3 is 2.47 bits per heavy atom. The van der Waals surface area contributed by atoms with Gasteiger partial charge in [-0.1, -0.05) is 0 Å². The van der Waals surface area contributed by atoms with Crippen LogP contribution in [0.5, 0.6) is 0 Å². The summed E-state index contributed by atoms with van der Waals surface area (Å²) in [6, 6.07) is 0.101. The highest BCUT2D eigenvalue weighted by molar-refractivity contribution is 7.99. The fourth-order valence-electron chi connectivity index (χ4n) is 1.43. The lowest BCUT2D eigenvalue weighted by Gasteiger charge is -2.28. The van der Waals surface area contributed by atoms with Crippen LogP contribution in [0.25, 0.3) is 0 Å². The summed E-state index contributed by atoms with van der Waals surface area (Å²) in [5.74, 6) is 0.183. The molecule has 102 valence electrons. The van der Waals surface area contributed by atoms with E-state index in [-0.39, 0.29) is 12.6 Å². The zero-order chi connectivity index (χ0) is 13.5.